The molecule has 1 fully saturated rings. The van der Waals surface area contributed by atoms with E-state index in [0.29, 0.717) is 12.5 Å². The van der Waals surface area contributed by atoms with Crippen LogP contribution in [0.25, 0.3) is 0 Å². The Morgan fingerprint density at radius 2 is 1.89 bits per heavy atom. The number of para-hydroxylation sites is 2. The second-order valence-electron chi connectivity index (χ2n) is 7.46. The summed E-state index contributed by atoms with van der Waals surface area (Å²) in [7, 11) is 1.81. The van der Waals surface area contributed by atoms with Gasteiger partial charge in [0.05, 0.1) is 6.54 Å². The van der Waals surface area contributed by atoms with E-state index < -0.39 is 0 Å². The van der Waals surface area contributed by atoms with Gasteiger partial charge in [-0.1, -0.05) is 36.4 Å². The summed E-state index contributed by atoms with van der Waals surface area (Å²) in [5.41, 5.74) is 2.47. The lowest BCUT2D eigenvalue weighted by Gasteiger charge is -2.20. The zero-order chi connectivity index (χ0) is 19.8. The number of aryl methyl sites for hydroxylation is 1. The summed E-state index contributed by atoms with van der Waals surface area (Å²) in [6.45, 7) is 7.97. The minimum atomic E-state index is 0.0553. The quantitative estimate of drug-likeness (QED) is 0.571. The van der Waals surface area contributed by atoms with Gasteiger partial charge in [-0.15, -0.1) is 0 Å². The van der Waals surface area contributed by atoms with Crippen molar-refractivity contribution in [3.05, 3.63) is 60.2 Å². The highest BCUT2D eigenvalue weighted by Crippen LogP contribution is 2.23. The van der Waals surface area contributed by atoms with Crippen molar-refractivity contribution in [2.45, 2.75) is 26.4 Å². The van der Waals surface area contributed by atoms with Gasteiger partial charge < -0.3 is 20.3 Å². The minimum absolute atomic E-state index is 0.0553. The molecule has 0 saturated carbocycles. The third-order valence-corrected chi connectivity index (χ3v) is 5.17. The van der Waals surface area contributed by atoms with Crippen molar-refractivity contribution in [2.24, 2.45) is 10.9 Å². The SMILES string of the molecule is CN=C(NCC1CCN(c2ccccc2)C1)NCC(C)Oc1ccccc1C. The smallest absolute Gasteiger partial charge is 0.191 e. The molecule has 1 aliphatic heterocycles. The number of nitrogens with zero attached hydrogens (tertiary/aromatic N) is 2. The number of hydrogen-bond donors (Lipinski definition) is 2. The average Bonchev–Trinajstić information content (AvgIpc) is 3.20. The van der Waals surface area contributed by atoms with Gasteiger partial charge >= 0.3 is 0 Å². The summed E-state index contributed by atoms with van der Waals surface area (Å²) in [4.78, 5) is 6.81. The third kappa shape index (κ3) is 5.65. The van der Waals surface area contributed by atoms with Crippen LogP contribution < -0.4 is 20.3 Å². The Morgan fingerprint density at radius 3 is 2.64 bits per heavy atom. The first-order valence-electron chi connectivity index (χ1n) is 10.1. The minimum Gasteiger partial charge on any atom is -0.489 e. The lowest BCUT2D eigenvalue weighted by molar-refractivity contribution is 0.222. The van der Waals surface area contributed by atoms with Crippen molar-refractivity contribution in [3.8, 4) is 5.75 Å². The number of anilines is 1. The first kappa shape index (κ1) is 20.1. The van der Waals surface area contributed by atoms with E-state index in [1.807, 2.05) is 25.2 Å². The molecule has 1 aliphatic rings. The molecule has 2 atom stereocenters. The van der Waals surface area contributed by atoms with Crippen LogP contribution in [0.5, 0.6) is 5.75 Å². The molecule has 2 aromatic carbocycles. The molecule has 150 valence electrons. The average molecular weight is 381 g/mol. The van der Waals surface area contributed by atoms with Crippen LogP contribution in [0.4, 0.5) is 5.69 Å². The lowest BCUT2D eigenvalue weighted by Crippen LogP contribution is -2.43. The van der Waals surface area contributed by atoms with Crippen LogP contribution in [0.3, 0.4) is 0 Å². The van der Waals surface area contributed by atoms with E-state index in [-0.39, 0.29) is 6.10 Å². The molecule has 0 bridgehead atoms. The standard InChI is InChI=1S/C23H32N4O/c1-18-9-7-8-12-22(18)28-19(2)15-25-23(24-3)26-16-20-13-14-27(17-20)21-10-5-4-6-11-21/h4-12,19-20H,13-17H2,1-3H3,(H2,24,25,26). The summed E-state index contributed by atoms with van der Waals surface area (Å²) in [5.74, 6) is 2.39. The van der Waals surface area contributed by atoms with E-state index in [4.69, 9.17) is 4.74 Å². The highest BCUT2D eigenvalue weighted by atomic mass is 16.5. The van der Waals surface area contributed by atoms with Gasteiger partial charge in [-0.25, -0.2) is 0 Å². The van der Waals surface area contributed by atoms with Gasteiger partial charge in [0.15, 0.2) is 5.96 Å². The van der Waals surface area contributed by atoms with Crippen LogP contribution in [0.15, 0.2) is 59.6 Å². The van der Waals surface area contributed by atoms with Gasteiger partial charge in [0, 0.05) is 32.4 Å². The van der Waals surface area contributed by atoms with Crippen molar-refractivity contribution in [3.63, 3.8) is 0 Å². The Bertz CT molecular complexity index is 762. The number of guanidine groups is 1. The molecule has 0 radical (unpaired) electrons. The van der Waals surface area contributed by atoms with Crippen molar-refractivity contribution in [1.82, 2.24) is 10.6 Å². The number of rotatable bonds is 7. The predicted molar refractivity (Wildman–Crippen MR) is 117 cm³/mol. The first-order valence-corrected chi connectivity index (χ1v) is 10.1. The maximum atomic E-state index is 6.03. The molecule has 5 nitrogen and oxygen atoms in total. The Kier molecular flexibility index (Phi) is 7.18. The number of benzene rings is 2. The molecule has 0 amide bonds. The van der Waals surface area contributed by atoms with Crippen LogP contribution >= 0.6 is 0 Å². The zero-order valence-corrected chi connectivity index (χ0v) is 17.2. The van der Waals surface area contributed by atoms with Crippen LogP contribution in [-0.2, 0) is 0 Å². The van der Waals surface area contributed by atoms with Gasteiger partial charge in [-0.3, -0.25) is 4.99 Å². The maximum absolute atomic E-state index is 6.03. The number of aliphatic imine (C=N–C) groups is 1. The Balaban J connectivity index is 1.40. The summed E-state index contributed by atoms with van der Waals surface area (Å²) in [6, 6.07) is 18.8. The molecule has 28 heavy (non-hydrogen) atoms. The van der Waals surface area contributed by atoms with Gasteiger partial charge in [0.2, 0.25) is 0 Å². The molecule has 2 aromatic rings. The second kappa shape index (κ2) is 10.0. The molecule has 0 spiro atoms. The highest BCUT2D eigenvalue weighted by molar-refractivity contribution is 5.79. The molecule has 3 rings (SSSR count). The second-order valence-corrected chi connectivity index (χ2v) is 7.46. The number of ether oxygens (including phenoxy) is 1. The van der Waals surface area contributed by atoms with E-state index in [1.54, 1.807) is 0 Å². The third-order valence-electron chi connectivity index (χ3n) is 5.17. The van der Waals surface area contributed by atoms with E-state index in [9.17, 15) is 0 Å². The fourth-order valence-corrected chi connectivity index (χ4v) is 3.52. The Hall–Kier alpha value is -2.69. The van der Waals surface area contributed by atoms with Crippen LogP contribution in [0.1, 0.15) is 18.9 Å². The zero-order valence-electron chi connectivity index (χ0n) is 17.2. The van der Waals surface area contributed by atoms with E-state index >= 15 is 0 Å². The normalized spacial score (nSPS) is 18.0. The molecule has 2 N–H and O–H groups in total. The van der Waals surface area contributed by atoms with Crippen molar-refractivity contribution in [2.75, 3.05) is 38.1 Å². The van der Waals surface area contributed by atoms with Crippen molar-refractivity contribution < 1.29 is 4.74 Å². The lowest BCUT2D eigenvalue weighted by atomic mass is 10.1. The summed E-state index contributed by atoms with van der Waals surface area (Å²) >= 11 is 0. The molecular weight excluding hydrogens is 348 g/mol. The van der Waals surface area contributed by atoms with Gasteiger partial charge in [0.25, 0.3) is 0 Å². The van der Waals surface area contributed by atoms with E-state index in [0.717, 1.165) is 36.9 Å². The van der Waals surface area contributed by atoms with Gasteiger partial charge in [0.1, 0.15) is 11.9 Å². The topological polar surface area (TPSA) is 48.9 Å². The largest absolute Gasteiger partial charge is 0.489 e. The monoisotopic (exact) mass is 380 g/mol. The summed E-state index contributed by atoms with van der Waals surface area (Å²) in [6.07, 6.45) is 1.26. The summed E-state index contributed by atoms with van der Waals surface area (Å²) in [5, 5.41) is 6.85. The van der Waals surface area contributed by atoms with E-state index in [2.05, 4.69) is 70.8 Å². The predicted octanol–water partition coefficient (Wildman–Crippen LogP) is 3.45. The summed E-state index contributed by atoms with van der Waals surface area (Å²) < 4.78 is 6.03. The van der Waals surface area contributed by atoms with Crippen LogP contribution in [0.2, 0.25) is 0 Å². The molecular formula is C23H32N4O. The fourth-order valence-electron chi connectivity index (χ4n) is 3.52. The van der Waals surface area contributed by atoms with Gasteiger partial charge in [-0.05, 0) is 49.9 Å². The van der Waals surface area contributed by atoms with E-state index in [1.165, 1.54) is 12.1 Å². The van der Waals surface area contributed by atoms with Gasteiger partial charge in [-0.2, -0.15) is 0 Å². The molecule has 0 aromatic heterocycles. The maximum Gasteiger partial charge on any atom is 0.191 e. The molecule has 2 unspecified atom stereocenters. The Morgan fingerprint density at radius 1 is 1.14 bits per heavy atom. The number of hydrogen-bond acceptors (Lipinski definition) is 3. The molecule has 1 heterocycles. The Labute approximate surface area is 168 Å². The van der Waals surface area contributed by atoms with Crippen molar-refractivity contribution >= 4 is 11.6 Å². The highest BCUT2D eigenvalue weighted by Gasteiger charge is 2.22. The molecule has 0 aliphatic carbocycles. The molecule has 5 heteroatoms. The van der Waals surface area contributed by atoms with Crippen LogP contribution in [-0.4, -0.2) is 45.3 Å². The fraction of sp³-hybridized carbons (Fsp3) is 0.435. The molecule has 1 saturated heterocycles. The first-order chi connectivity index (χ1) is 13.7. The number of nitrogens with one attached hydrogen (secondary N) is 2. The van der Waals surface area contributed by atoms with Crippen molar-refractivity contribution in [1.29, 1.82) is 0 Å². The van der Waals surface area contributed by atoms with Crippen LogP contribution in [0, 0.1) is 12.8 Å².